The van der Waals surface area contributed by atoms with Gasteiger partial charge in [0.15, 0.2) is 0 Å². The summed E-state index contributed by atoms with van der Waals surface area (Å²) in [7, 11) is 0. The van der Waals surface area contributed by atoms with Crippen molar-refractivity contribution in [1.29, 1.82) is 5.26 Å². The van der Waals surface area contributed by atoms with E-state index in [4.69, 9.17) is 5.73 Å². The van der Waals surface area contributed by atoms with Crippen LogP contribution < -0.4 is 10.6 Å². The van der Waals surface area contributed by atoms with E-state index in [2.05, 4.69) is 16.0 Å². The molecule has 90 valence electrons. The van der Waals surface area contributed by atoms with Gasteiger partial charge in [-0.25, -0.2) is 4.98 Å². The molecule has 0 bridgehead atoms. The highest BCUT2D eigenvalue weighted by Gasteiger charge is 2.27. The van der Waals surface area contributed by atoms with Crippen LogP contribution >= 0.6 is 0 Å². The number of anilines is 1. The zero-order chi connectivity index (χ0) is 12.4. The van der Waals surface area contributed by atoms with Gasteiger partial charge >= 0.3 is 0 Å². The van der Waals surface area contributed by atoms with Crippen LogP contribution in [0.3, 0.4) is 0 Å². The summed E-state index contributed by atoms with van der Waals surface area (Å²) < 4.78 is 0. The molecule has 2 N–H and O–H groups in total. The fourth-order valence-electron chi connectivity index (χ4n) is 2.52. The number of nitrogens with two attached hydrogens (primary N) is 1. The summed E-state index contributed by atoms with van der Waals surface area (Å²) in [5.41, 5.74) is 8.42. The van der Waals surface area contributed by atoms with Gasteiger partial charge in [0.2, 0.25) is 0 Å². The molecule has 0 saturated carbocycles. The summed E-state index contributed by atoms with van der Waals surface area (Å²) in [6.45, 7) is 5.50. The average Bonchev–Trinajstić information content (AvgIpc) is 2.75. The Bertz CT molecular complexity index is 461. The number of hydrogen-bond donors (Lipinski definition) is 1. The van der Waals surface area contributed by atoms with Crippen molar-refractivity contribution in [3.63, 3.8) is 0 Å². The molecule has 2 rings (SSSR count). The highest BCUT2D eigenvalue weighted by atomic mass is 15.2. The Morgan fingerprint density at radius 3 is 3.00 bits per heavy atom. The van der Waals surface area contributed by atoms with Crippen molar-refractivity contribution < 1.29 is 0 Å². The molecule has 0 aromatic carbocycles. The second-order valence-electron chi connectivity index (χ2n) is 4.62. The molecule has 0 spiro atoms. The molecule has 17 heavy (non-hydrogen) atoms. The third-order valence-corrected chi connectivity index (χ3v) is 3.36. The fraction of sp³-hybridized carbons (Fsp3) is 0.538. The van der Waals surface area contributed by atoms with Crippen molar-refractivity contribution in [2.75, 3.05) is 18.0 Å². The summed E-state index contributed by atoms with van der Waals surface area (Å²) in [6, 6.07) is 4.55. The molecule has 1 aromatic heterocycles. The molecular weight excluding hydrogens is 212 g/mol. The molecule has 1 unspecified atom stereocenters. The molecule has 1 atom stereocenters. The van der Waals surface area contributed by atoms with Gasteiger partial charge in [-0.15, -0.1) is 0 Å². The first kappa shape index (κ1) is 11.9. The Balaban J connectivity index is 2.47. The normalized spacial score (nSPS) is 19.4. The number of nitrogens with zero attached hydrogens (tertiary/aromatic N) is 3. The summed E-state index contributed by atoms with van der Waals surface area (Å²) in [5, 5.41) is 9.26. The van der Waals surface area contributed by atoms with Gasteiger partial charge in [-0.1, -0.05) is 0 Å². The SMILES string of the molecule is Cc1cc(C)c(C#N)c(N2CCCC2CN)n1. The number of aryl methyl sites for hydroxylation is 2. The van der Waals surface area contributed by atoms with Crippen molar-refractivity contribution >= 4 is 5.82 Å². The molecule has 0 aliphatic carbocycles. The van der Waals surface area contributed by atoms with Crippen LogP contribution in [-0.2, 0) is 0 Å². The Hall–Kier alpha value is -1.60. The molecule has 4 heteroatoms. The van der Waals surface area contributed by atoms with Gasteiger partial charge in [-0.2, -0.15) is 5.26 Å². The van der Waals surface area contributed by atoms with Crippen LogP contribution in [-0.4, -0.2) is 24.1 Å². The molecule has 1 aliphatic heterocycles. The first-order valence-electron chi connectivity index (χ1n) is 6.02. The number of pyridine rings is 1. The van der Waals surface area contributed by atoms with Crippen molar-refractivity contribution in [3.05, 3.63) is 22.9 Å². The lowest BCUT2D eigenvalue weighted by Crippen LogP contribution is -2.36. The average molecular weight is 230 g/mol. The summed E-state index contributed by atoms with van der Waals surface area (Å²) >= 11 is 0. The lowest BCUT2D eigenvalue weighted by molar-refractivity contribution is 0.670. The monoisotopic (exact) mass is 230 g/mol. The van der Waals surface area contributed by atoms with Crippen LogP contribution in [0.5, 0.6) is 0 Å². The molecule has 1 aromatic rings. The maximum Gasteiger partial charge on any atom is 0.147 e. The van der Waals surface area contributed by atoms with Gasteiger partial charge in [-0.3, -0.25) is 0 Å². The number of rotatable bonds is 2. The van der Waals surface area contributed by atoms with E-state index in [1.807, 2.05) is 19.9 Å². The Labute approximate surface area is 102 Å². The van der Waals surface area contributed by atoms with Crippen molar-refractivity contribution in [2.24, 2.45) is 5.73 Å². The first-order valence-corrected chi connectivity index (χ1v) is 6.02. The Morgan fingerprint density at radius 2 is 2.35 bits per heavy atom. The minimum atomic E-state index is 0.329. The minimum absolute atomic E-state index is 0.329. The van der Waals surface area contributed by atoms with E-state index >= 15 is 0 Å². The van der Waals surface area contributed by atoms with E-state index in [1.165, 1.54) is 0 Å². The van der Waals surface area contributed by atoms with E-state index in [-0.39, 0.29) is 0 Å². The van der Waals surface area contributed by atoms with Gasteiger partial charge in [0.05, 0.1) is 5.56 Å². The number of aromatic nitrogens is 1. The summed E-state index contributed by atoms with van der Waals surface area (Å²) in [5.74, 6) is 0.818. The van der Waals surface area contributed by atoms with E-state index in [0.717, 1.165) is 36.5 Å². The van der Waals surface area contributed by atoms with Gasteiger partial charge in [0.1, 0.15) is 11.9 Å². The lowest BCUT2D eigenvalue weighted by Gasteiger charge is -2.26. The first-order chi connectivity index (χ1) is 8.17. The minimum Gasteiger partial charge on any atom is -0.351 e. The number of hydrogen-bond acceptors (Lipinski definition) is 4. The predicted octanol–water partition coefficient (Wildman–Crippen LogP) is 1.50. The van der Waals surface area contributed by atoms with E-state index in [9.17, 15) is 5.26 Å². The van der Waals surface area contributed by atoms with Gasteiger partial charge in [-0.05, 0) is 38.3 Å². The van der Waals surface area contributed by atoms with E-state index < -0.39 is 0 Å². The zero-order valence-corrected chi connectivity index (χ0v) is 10.4. The zero-order valence-electron chi connectivity index (χ0n) is 10.4. The Kier molecular flexibility index (Phi) is 3.30. The van der Waals surface area contributed by atoms with Crippen LogP contribution in [0, 0.1) is 25.2 Å². The highest BCUT2D eigenvalue weighted by Crippen LogP contribution is 2.28. The maximum absolute atomic E-state index is 9.26. The van der Waals surface area contributed by atoms with Crippen molar-refractivity contribution in [2.45, 2.75) is 32.7 Å². The van der Waals surface area contributed by atoms with Crippen LogP contribution in [0.1, 0.15) is 29.7 Å². The topological polar surface area (TPSA) is 65.9 Å². The molecule has 1 aliphatic rings. The lowest BCUT2D eigenvalue weighted by atomic mass is 10.1. The van der Waals surface area contributed by atoms with Gasteiger partial charge in [0.25, 0.3) is 0 Å². The molecular formula is C13H18N4. The predicted molar refractivity (Wildman–Crippen MR) is 67.8 cm³/mol. The van der Waals surface area contributed by atoms with Crippen LogP contribution in [0.4, 0.5) is 5.82 Å². The van der Waals surface area contributed by atoms with Gasteiger partial charge < -0.3 is 10.6 Å². The standard InChI is InChI=1S/C13H18N4/c1-9-6-10(2)16-13(12(9)8-15)17-5-3-4-11(17)7-14/h6,11H,3-5,7,14H2,1-2H3. The molecule has 0 radical (unpaired) electrons. The third-order valence-electron chi connectivity index (χ3n) is 3.36. The van der Waals surface area contributed by atoms with Crippen LogP contribution in [0.25, 0.3) is 0 Å². The van der Waals surface area contributed by atoms with E-state index in [1.54, 1.807) is 0 Å². The largest absolute Gasteiger partial charge is 0.351 e. The molecule has 2 heterocycles. The van der Waals surface area contributed by atoms with Crippen molar-refractivity contribution in [1.82, 2.24) is 4.98 Å². The second kappa shape index (κ2) is 4.72. The molecule has 1 saturated heterocycles. The third kappa shape index (κ3) is 2.11. The quantitative estimate of drug-likeness (QED) is 0.836. The molecule has 1 fully saturated rings. The van der Waals surface area contributed by atoms with Crippen LogP contribution in [0.15, 0.2) is 6.07 Å². The molecule has 4 nitrogen and oxygen atoms in total. The van der Waals surface area contributed by atoms with Gasteiger partial charge in [0, 0.05) is 24.8 Å². The number of nitriles is 1. The second-order valence-corrected chi connectivity index (χ2v) is 4.62. The highest BCUT2D eigenvalue weighted by molar-refractivity contribution is 5.59. The van der Waals surface area contributed by atoms with E-state index in [0.29, 0.717) is 18.2 Å². The molecule has 0 amide bonds. The summed E-state index contributed by atoms with van der Waals surface area (Å²) in [4.78, 5) is 6.73. The summed E-state index contributed by atoms with van der Waals surface area (Å²) in [6.07, 6.45) is 2.22. The van der Waals surface area contributed by atoms with Crippen LogP contribution in [0.2, 0.25) is 0 Å². The smallest absolute Gasteiger partial charge is 0.147 e. The maximum atomic E-state index is 9.26. The fourth-order valence-corrected chi connectivity index (χ4v) is 2.52. The Morgan fingerprint density at radius 1 is 1.59 bits per heavy atom. The van der Waals surface area contributed by atoms with Crippen molar-refractivity contribution in [3.8, 4) is 6.07 Å².